The number of benzene rings is 1. The zero-order valence-corrected chi connectivity index (χ0v) is 23.4. The Morgan fingerprint density at radius 2 is 1.90 bits per heavy atom. The highest BCUT2D eigenvalue weighted by atomic mass is 32.2. The van der Waals surface area contributed by atoms with Crippen LogP contribution in [-0.4, -0.2) is 52.9 Å². The third-order valence-corrected chi connectivity index (χ3v) is 9.40. The van der Waals surface area contributed by atoms with Crippen molar-refractivity contribution in [2.24, 2.45) is 5.92 Å². The smallest absolute Gasteiger partial charge is 0.326 e. The fraction of sp³-hybridized carbons (Fsp3) is 0.448. The number of amides is 4. The number of nitrogens with zero attached hydrogens (tertiary/aromatic N) is 2. The second kappa shape index (κ2) is 11.1. The minimum absolute atomic E-state index is 0.00923. The van der Waals surface area contributed by atoms with Crippen molar-refractivity contribution in [1.82, 2.24) is 26.3 Å². The van der Waals surface area contributed by atoms with E-state index in [9.17, 15) is 14.4 Å². The molecule has 4 aliphatic rings. The van der Waals surface area contributed by atoms with E-state index in [2.05, 4.69) is 26.3 Å². The van der Waals surface area contributed by atoms with Gasteiger partial charge in [0, 0.05) is 36.7 Å². The summed E-state index contributed by atoms with van der Waals surface area (Å²) < 4.78 is 5.89. The van der Waals surface area contributed by atoms with Crippen LogP contribution < -0.4 is 30.9 Å². The van der Waals surface area contributed by atoms with Gasteiger partial charge in [0.25, 0.3) is 5.91 Å². The number of pyridine rings is 1. The molecule has 4 amide bonds. The molecule has 0 radical (unpaired) electrons. The Balaban J connectivity index is 1.21. The van der Waals surface area contributed by atoms with Crippen molar-refractivity contribution in [3.63, 3.8) is 0 Å². The fourth-order valence-electron chi connectivity index (χ4n) is 6.33. The van der Waals surface area contributed by atoms with Gasteiger partial charge in [0.2, 0.25) is 11.8 Å². The summed E-state index contributed by atoms with van der Waals surface area (Å²) in [5.41, 5.74) is 2.32. The molecule has 4 heterocycles. The monoisotopic (exact) mass is 562 g/mol. The molecule has 2 aromatic rings. The number of rotatable bonds is 6. The van der Waals surface area contributed by atoms with Gasteiger partial charge in [0.05, 0.1) is 28.2 Å². The molecule has 0 bridgehead atoms. The van der Waals surface area contributed by atoms with Crippen LogP contribution in [0.1, 0.15) is 44.6 Å². The van der Waals surface area contributed by atoms with Gasteiger partial charge in [-0.15, -0.1) is 0 Å². The molecule has 210 valence electrons. The molecule has 10 nitrogen and oxygen atoms in total. The van der Waals surface area contributed by atoms with E-state index in [0.717, 1.165) is 43.5 Å². The molecular weight excluding hydrogens is 528 g/mol. The van der Waals surface area contributed by atoms with Crippen LogP contribution >= 0.6 is 11.8 Å². The van der Waals surface area contributed by atoms with Crippen molar-refractivity contribution in [2.45, 2.75) is 69.5 Å². The van der Waals surface area contributed by atoms with Crippen LogP contribution in [0.4, 0.5) is 10.5 Å². The summed E-state index contributed by atoms with van der Waals surface area (Å²) in [4.78, 5) is 45.5. The van der Waals surface area contributed by atoms with Crippen LogP contribution in [0.2, 0.25) is 0 Å². The maximum atomic E-state index is 13.6. The molecule has 1 saturated carbocycles. The van der Waals surface area contributed by atoms with Crippen molar-refractivity contribution in [3.05, 3.63) is 58.8 Å². The van der Waals surface area contributed by atoms with Crippen LogP contribution in [0.5, 0.6) is 11.6 Å². The molecule has 0 spiro atoms. The first-order valence-corrected chi connectivity index (χ1v) is 14.8. The summed E-state index contributed by atoms with van der Waals surface area (Å²) in [7, 11) is 0. The highest BCUT2D eigenvalue weighted by Crippen LogP contribution is 2.48. The lowest BCUT2D eigenvalue weighted by atomic mass is 9.86. The maximum Gasteiger partial charge on any atom is 0.326 e. The summed E-state index contributed by atoms with van der Waals surface area (Å²) in [6.45, 7) is 4.22. The van der Waals surface area contributed by atoms with Crippen molar-refractivity contribution < 1.29 is 19.1 Å². The number of aromatic nitrogens is 1. The van der Waals surface area contributed by atoms with Gasteiger partial charge in [-0.2, -0.15) is 0 Å². The molecule has 3 unspecified atom stereocenters. The molecule has 1 aliphatic carbocycles. The highest BCUT2D eigenvalue weighted by Gasteiger charge is 2.52. The zero-order chi connectivity index (χ0) is 27.8. The normalized spacial score (nSPS) is 27.5. The van der Waals surface area contributed by atoms with E-state index >= 15 is 0 Å². The van der Waals surface area contributed by atoms with E-state index in [-0.39, 0.29) is 47.3 Å². The maximum absolute atomic E-state index is 13.6. The zero-order valence-electron chi connectivity index (χ0n) is 22.6. The number of para-hydroxylation sites is 1. The van der Waals surface area contributed by atoms with Crippen molar-refractivity contribution in [2.75, 3.05) is 11.4 Å². The second-order valence-corrected chi connectivity index (χ2v) is 12.0. The Labute approximate surface area is 237 Å². The van der Waals surface area contributed by atoms with Crippen LogP contribution in [0, 0.1) is 12.8 Å². The molecule has 2 saturated heterocycles. The third-order valence-electron chi connectivity index (χ3n) is 8.05. The van der Waals surface area contributed by atoms with Gasteiger partial charge in [0.15, 0.2) is 0 Å². The molecule has 1 aromatic carbocycles. The van der Waals surface area contributed by atoms with E-state index < -0.39 is 0 Å². The predicted octanol–water partition coefficient (Wildman–Crippen LogP) is 3.54. The third kappa shape index (κ3) is 5.27. The Morgan fingerprint density at radius 1 is 1.12 bits per heavy atom. The second-order valence-electron chi connectivity index (χ2n) is 10.9. The lowest BCUT2D eigenvalue weighted by molar-refractivity contribution is -0.119. The Hall–Kier alpha value is -3.57. The van der Waals surface area contributed by atoms with Crippen molar-refractivity contribution >= 4 is 35.3 Å². The number of anilines is 1. The van der Waals surface area contributed by atoms with E-state index in [0.29, 0.717) is 28.7 Å². The van der Waals surface area contributed by atoms with Crippen LogP contribution in [0.3, 0.4) is 0 Å². The average molecular weight is 563 g/mol. The number of aryl methyl sites for hydroxylation is 1. The standard InChI is InChI=1S/C29H34N6O4S/c1-16-13-23(39-20-9-4-3-5-10-20)31-15-22(16)35-21-11-12-30-28-24(21)25(34-29(35)38)26(40-28)27(37)33-19-8-6-7-18(14-19)32-17(2)36/h3-5,9-10,13,15,18-19,21,24,28,30H,6-8,11-12,14H2,1-2H3,(H,32,36)(H,33,37)(H,34,38)/t18-,19-,21?,24?,28?/m0/s1. The van der Waals surface area contributed by atoms with E-state index in [1.165, 1.54) is 18.7 Å². The average Bonchev–Trinajstić information content (AvgIpc) is 3.29. The summed E-state index contributed by atoms with van der Waals surface area (Å²) in [6.07, 6.45) is 5.91. The summed E-state index contributed by atoms with van der Waals surface area (Å²) in [5, 5.41) is 12.8. The molecule has 4 N–H and O–H groups in total. The number of urea groups is 1. The van der Waals surface area contributed by atoms with E-state index in [1.807, 2.05) is 43.3 Å². The first kappa shape index (κ1) is 26.6. The summed E-state index contributed by atoms with van der Waals surface area (Å²) in [6, 6.07) is 11.0. The molecule has 1 aromatic heterocycles. The lowest BCUT2D eigenvalue weighted by Crippen LogP contribution is -2.62. The summed E-state index contributed by atoms with van der Waals surface area (Å²) in [5.74, 6) is 0.912. The van der Waals surface area contributed by atoms with E-state index in [4.69, 9.17) is 4.74 Å². The van der Waals surface area contributed by atoms with Crippen molar-refractivity contribution in [1.29, 1.82) is 0 Å². The molecule has 5 atom stereocenters. The number of ether oxygens (including phenoxy) is 1. The van der Waals surface area contributed by atoms with Gasteiger partial charge < -0.3 is 26.0 Å². The number of nitrogens with one attached hydrogen (secondary N) is 4. The predicted molar refractivity (Wildman–Crippen MR) is 153 cm³/mol. The number of carbonyl (C=O) groups excluding carboxylic acids is 3. The van der Waals surface area contributed by atoms with Crippen LogP contribution in [0.25, 0.3) is 0 Å². The number of thioether (sulfide) groups is 1. The topological polar surface area (TPSA) is 125 Å². The van der Waals surface area contributed by atoms with Gasteiger partial charge in [-0.05, 0) is 63.3 Å². The van der Waals surface area contributed by atoms with Crippen LogP contribution in [-0.2, 0) is 9.59 Å². The number of hydrogen-bond donors (Lipinski definition) is 4. The van der Waals surface area contributed by atoms with E-state index in [1.54, 1.807) is 11.1 Å². The molecule has 6 rings (SSSR count). The molecule has 3 aliphatic heterocycles. The Morgan fingerprint density at radius 3 is 2.65 bits per heavy atom. The van der Waals surface area contributed by atoms with Gasteiger partial charge in [0.1, 0.15) is 5.75 Å². The van der Waals surface area contributed by atoms with Crippen LogP contribution in [0.15, 0.2) is 53.2 Å². The minimum Gasteiger partial charge on any atom is -0.439 e. The molecule has 11 heteroatoms. The first-order chi connectivity index (χ1) is 19.4. The largest absolute Gasteiger partial charge is 0.439 e. The summed E-state index contributed by atoms with van der Waals surface area (Å²) >= 11 is 1.50. The van der Waals surface area contributed by atoms with Crippen molar-refractivity contribution in [3.8, 4) is 11.6 Å². The SMILES string of the molecule is CC(=O)N[C@H]1CCC[C@H](NC(=O)C2=C3NC(=O)N(c4cnc(Oc5ccccc5)cc4C)C4CCNC(S2)C34)C1. The minimum atomic E-state index is -0.255. The number of hydrogen-bond acceptors (Lipinski definition) is 7. The quantitative estimate of drug-likeness (QED) is 0.425. The van der Waals surface area contributed by atoms with Gasteiger partial charge in [-0.1, -0.05) is 30.0 Å². The van der Waals surface area contributed by atoms with Gasteiger partial charge >= 0.3 is 6.03 Å². The number of carbonyl (C=O) groups is 3. The first-order valence-electron chi connectivity index (χ1n) is 13.9. The Bertz CT molecular complexity index is 1350. The van der Waals surface area contributed by atoms with Gasteiger partial charge in [-0.3, -0.25) is 14.5 Å². The fourth-order valence-corrected chi connectivity index (χ4v) is 7.73. The molecule has 40 heavy (non-hydrogen) atoms. The lowest BCUT2D eigenvalue weighted by Gasteiger charge is -2.46. The highest BCUT2D eigenvalue weighted by molar-refractivity contribution is 8.04. The Kier molecular flexibility index (Phi) is 7.41. The van der Waals surface area contributed by atoms with Gasteiger partial charge in [-0.25, -0.2) is 9.78 Å². The number of piperidine rings is 1. The molecule has 3 fully saturated rings. The molecular formula is C29H34N6O4S.